The monoisotopic (exact) mass is 275 g/mol. The van der Waals surface area contributed by atoms with Gasteiger partial charge in [-0.1, -0.05) is 32.3 Å². The minimum atomic E-state index is -0.0842. The van der Waals surface area contributed by atoms with Crippen LogP contribution in [0.2, 0.25) is 0 Å². The van der Waals surface area contributed by atoms with Gasteiger partial charge in [0.25, 0.3) is 11.6 Å². The Balaban J connectivity index is 2.43. The maximum absolute atomic E-state index is 12.4. The number of fused-ring (bicyclic) bond motifs is 1. The molecule has 0 fully saturated rings. The number of aromatic nitrogens is 2. The van der Waals surface area contributed by atoms with E-state index in [0.29, 0.717) is 28.9 Å². The summed E-state index contributed by atoms with van der Waals surface area (Å²) >= 11 is 0. The van der Waals surface area contributed by atoms with Gasteiger partial charge in [-0.15, -0.1) is 0 Å². The Morgan fingerprint density at radius 1 is 1.45 bits per heavy atom. The molecule has 0 atom stereocenters. The zero-order chi connectivity index (χ0) is 14.7. The second-order valence-corrected chi connectivity index (χ2v) is 5.31. The number of carbonyl (C=O) groups is 1. The number of hydrogen-bond donors (Lipinski definition) is 1. The number of carbonyl (C=O) groups excluding carboxylic acids is 1. The molecular formula is C15H21N3O2. The SMILES string of the molecule is CCCCNC(=O)c1cc(C(C)C)nc2onc(C)c12. The molecule has 0 saturated heterocycles. The Morgan fingerprint density at radius 3 is 2.85 bits per heavy atom. The second-order valence-electron chi connectivity index (χ2n) is 5.31. The number of unbranched alkanes of at least 4 members (excludes halogenated alkanes) is 1. The fraction of sp³-hybridized carbons (Fsp3) is 0.533. The predicted molar refractivity (Wildman–Crippen MR) is 77.9 cm³/mol. The number of hydrogen-bond acceptors (Lipinski definition) is 4. The molecular weight excluding hydrogens is 254 g/mol. The van der Waals surface area contributed by atoms with E-state index < -0.39 is 0 Å². The van der Waals surface area contributed by atoms with Crippen LogP contribution in [0.1, 0.15) is 61.3 Å². The highest BCUT2D eigenvalue weighted by atomic mass is 16.5. The Morgan fingerprint density at radius 2 is 2.20 bits per heavy atom. The van der Waals surface area contributed by atoms with Crippen LogP contribution in [0.15, 0.2) is 10.6 Å². The fourth-order valence-electron chi connectivity index (χ4n) is 2.06. The minimum Gasteiger partial charge on any atom is -0.352 e. The number of pyridine rings is 1. The molecule has 0 aliphatic heterocycles. The smallest absolute Gasteiger partial charge is 0.259 e. The van der Waals surface area contributed by atoms with Crippen molar-refractivity contribution in [2.24, 2.45) is 0 Å². The summed E-state index contributed by atoms with van der Waals surface area (Å²) in [6.07, 6.45) is 2.02. The third-order valence-electron chi connectivity index (χ3n) is 3.29. The van der Waals surface area contributed by atoms with Crippen LogP contribution in [0.4, 0.5) is 0 Å². The third kappa shape index (κ3) is 2.81. The van der Waals surface area contributed by atoms with E-state index in [4.69, 9.17) is 4.52 Å². The van der Waals surface area contributed by atoms with Gasteiger partial charge in [0, 0.05) is 12.2 Å². The quantitative estimate of drug-likeness (QED) is 0.851. The van der Waals surface area contributed by atoms with Crippen molar-refractivity contribution in [1.29, 1.82) is 0 Å². The van der Waals surface area contributed by atoms with Crippen LogP contribution in [-0.4, -0.2) is 22.6 Å². The maximum atomic E-state index is 12.4. The van der Waals surface area contributed by atoms with Crippen LogP contribution >= 0.6 is 0 Å². The summed E-state index contributed by atoms with van der Waals surface area (Å²) in [6.45, 7) is 8.68. The normalized spacial score (nSPS) is 11.2. The molecule has 0 aliphatic rings. The van der Waals surface area contributed by atoms with E-state index in [9.17, 15) is 4.79 Å². The van der Waals surface area contributed by atoms with Gasteiger partial charge in [-0.25, -0.2) is 4.98 Å². The van der Waals surface area contributed by atoms with E-state index in [-0.39, 0.29) is 11.8 Å². The summed E-state index contributed by atoms with van der Waals surface area (Å²) in [7, 11) is 0. The number of rotatable bonds is 5. The highest BCUT2D eigenvalue weighted by Gasteiger charge is 2.19. The average Bonchev–Trinajstić information content (AvgIpc) is 2.79. The molecule has 0 aromatic carbocycles. The van der Waals surface area contributed by atoms with Gasteiger partial charge in [0.2, 0.25) is 0 Å². The molecule has 20 heavy (non-hydrogen) atoms. The zero-order valence-electron chi connectivity index (χ0n) is 12.5. The number of nitrogens with zero attached hydrogens (tertiary/aromatic N) is 2. The average molecular weight is 275 g/mol. The molecule has 0 aliphatic carbocycles. The number of amides is 1. The summed E-state index contributed by atoms with van der Waals surface area (Å²) in [4.78, 5) is 16.8. The lowest BCUT2D eigenvalue weighted by Crippen LogP contribution is -2.25. The molecule has 1 N–H and O–H groups in total. The summed E-state index contributed by atoms with van der Waals surface area (Å²) in [5, 5.41) is 7.57. The first-order chi connectivity index (χ1) is 9.54. The second kappa shape index (κ2) is 6.03. The minimum absolute atomic E-state index is 0.0842. The molecule has 2 rings (SSSR count). The maximum Gasteiger partial charge on any atom is 0.259 e. The van der Waals surface area contributed by atoms with E-state index in [1.807, 2.05) is 26.8 Å². The van der Waals surface area contributed by atoms with E-state index in [1.54, 1.807) is 0 Å². The van der Waals surface area contributed by atoms with Crippen LogP contribution in [0.3, 0.4) is 0 Å². The van der Waals surface area contributed by atoms with Crippen LogP contribution in [0, 0.1) is 6.92 Å². The van der Waals surface area contributed by atoms with Crippen molar-refractivity contribution in [3.63, 3.8) is 0 Å². The molecule has 108 valence electrons. The molecule has 2 aromatic rings. The highest BCUT2D eigenvalue weighted by Crippen LogP contribution is 2.24. The van der Waals surface area contributed by atoms with Crippen molar-refractivity contribution in [1.82, 2.24) is 15.5 Å². The lowest BCUT2D eigenvalue weighted by molar-refractivity contribution is 0.0954. The van der Waals surface area contributed by atoms with Crippen LogP contribution in [0.5, 0.6) is 0 Å². The molecule has 0 unspecified atom stereocenters. The molecule has 0 spiro atoms. The molecule has 0 saturated carbocycles. The Hall–Kier alpha value is -1.91. The van der Waals surface area contributed by atoms with Crippen molar-refractivity contribution in [3.8, 4) is 0 Å². The molecule has 5 nitrogen and oxygen atoms in total. The first kappa shape index (κ1) is 14.5. The van der Waals surface area contributed by atoms with Crippen molar-refractivity contribution >= 4 is 17.0 Å². The van der Waals surface area contributed by atoms with Gasteiger partial charge in [-0.05, 0) is 25.3 Å². The van der Waals surface area contributed by atoms with E-state index in [1.165, 1.54) is 0 Å². The van der Waals surface area contributed by atoms with Crippen molar-refractivity contribution in [2.75, 3.05) is 6.54 Å². The number of nitrogens with one attached hydrogen (secondary N) is 1. The third-order valence-corrected chi connectivity index (χ3v) is 3.29. The van der Waals surface area contributed by atoms with Crippen molar-refractivity contribution < 1.29 is 9.32 Å². The Kier molecular flexibility index (Phi) is 4.37. The molecule has 0 bridgehead atoms. The topological polar surface area (TPSA) is 68.0 Å². The zero-order valence-corrected chi connectivity index (χ0v) is 12.5. The van der Waals surface area contributed by atoms with Crippen LogP contribution < -0.4 is 5.32 Å². The van der Waals surface area contributed by atoms with Gasteiger partial charge < -0.3 is 9.84 Å². The van der Waals surface area contributed by atoms with Crippen LogP contribution in [-0.2, 0) is 0 Å². The van der Waals surface area contributed by atoms with Gasteiger partial charge in [-0.2, -0.15) is 0 Å². The van der Waals surface area contributed by atoms with Gasteiger partial charge >= 0.3 is 0 Å². The first-order valence-corrected chi connectivity index (χ1v) is 7.09. The summed E-state index contributed by atoms with van der Waals surface area (Å²) in [5.74, 6) is 0.144. The predicted octanol–water partition coefficient (Wildman–Crippen LogP) is 3.18. The summed E-state index contributed by atoms with van der Waals surface area (Å²) in [6, 6.07) is 1.85. The highest BCUT2D eigenvalue weighted by molar-refractivity contribution is 6.06. The van der Waals surface area contributed by atoms with Crippen molar-refractivity contribution in [2.45, 2.75) is 46.5 Å². The van der Waals surface area contributed by atoms with Gasteiger partial charge in [0.05, 0.1) is 16.6 Å². The lowest BCUT2D eigenvalue weighted by Gasteiger charge is -2.09. The number of aryl methyl sites for hydroxylation is 1. The van der Waals surface area contributed by atoms with Gasteiger partial charge in [0.15, 0.2) is 0 Å². The molecule has 0 radical (unpaired) electrons. The van der Waals surface area contributed by atoms with Crippen LogP contribution in [0.25, 0.3) is 11.1 Å². The van der Waals surface area contributed by atoms with E-state index in [2.05, 4.69) is 22.4 Å². The molecule has 2 aromatic heterocycles. The summed E-state index contributed by atoms with van der Waals surface area (Å²) in [5.41, 5.74) is 2.58. The molecule has 1 amide bonds. The Bertz CT molecular complexity index is 617. The Labute approximate surface area is 118 Å². The first-order valence-electron chi connectivity index (χ1n) is 7.09. The van der Waals surface area contributed by atoms with E-state index in [0.717, 1.165) is 18.5 Å². The molecule has 5 heteroatoms. The fourth-order valence-corrected chi connectivity index (χ4v) is 2.06. The van der Waals surface area contributed by atoms with Gasteiger partial charge in [0.1, 0.15) is 0 Å². The largest absolute Gasteiger partial charge is 0.352 e. The van der Waals surface area contributed by atoms with E-state index >= 15 is 0 Å². The van der Waals surface area contributed by atoms with Gasteiger partial charge in [-0.3, -0.25) is 4.79 Å². The standard InChI is InChI=1S/C15H21N3O2/c1-5-6-7-16-14(19)11-8-12(9(2)3)17-15-13(11)10(4)18-20-15/h8-9H,5-7H2,1-4H3,(H,16,19). The van der Waals surface area contributed by atoms with Crippen molar-refractivity contribution in [3.05, 3.63) is 23.0 Å². The summed E-state index contributed by atoms with van der Waals surface area (Å²) < 4.78 is 5.21. The molecule has 2 heterocycles. The lowest BCUT2D eigenvalue weighted by atomic mass is 10.0.